The number of esters is 1. The van der Waals surface area contributed by atoms with Crippen LogP contribution < -0.4 is 9.64 Å². The van der Waals surface area contributed by atoms with Crippen LogP contribution in [0, 0.1) is 18.8 Å². The van der Waals surface area contributed by atoms with Crippen molar-refractivity contribution in [3.8, 4) is 5.75 Å². The summed E-state index contributed by atoms with van der Waals surface area (Å²) in [6, 6.07) is 5.82. The van der Waals surface area contributed by atoms with Crippen molar-refractivity contribution in [3.63, 3.8) is 0 Å². The van der Waals surface area contributed by atoms with Gasteiger partial charge in [-0.05, 0) is 51.7 Å². The first-order valence-electron chi connectivity index (χ1n) is 11.5. The molecule has 8 nitrogen and oxygen atoms in total. The lowest BCUT2D eigenvalue weighted by Crippen LogP contribution is -2.48. The molecule has 0 aliphatic carbocycles. The Labute approximate surface area is 188 Å². The van der Waals surface area contributed by atoms with Gasteiger partial charge in [-0.25, -0.2) is 9.97 Å². The summed E-state index contributed by atoms with van der Waals surface area (Å²) >= 11 is 0. The van der Waals surface area contributed by atoms with E-state index in [2.05, 4.69) is 4.90 Å². The molecule has 4 rings (SSSR count). The van der Waals surface area contributed by atoms with Crippen LogP contribution in [0.4, 0.5) is 5.95 Å². The highest BCUT2D eigenvalue weighted by Gasteiger charge is 2.34. The maximum Gasteiger partial charge on any atom is 0.309 e. The number of rotatable bonds is 5. The molecule has 2 aliphatic heterocycles. The van der Waals surface area contributed by atoms with E-state index in [-0.39, 0.29) is 23.7 Å². The second kappa shape index (κ2) is 9.71. The molecule has 2 saturated heterocycles. The Morgan fingerprint density at radius 2 is 1.88 bits per heavy atom. The molecule has 1 aromatic carbocycles. The second-order valence-electron chi connectivity index (χ2n) is 8.63. The number of nitrogens with zero attached hydrogens (tertiary/aromatic N) is 4. The van der Waals surface area contributed by atoms with Crippen molar-refractivity contribution in [1.82, 2.24) is 14.9 Å². The molecule has 172 valence electrons. The monoisotopic (exact) mass is 440 g/mol. The molecule has 1 amide bonds. The van der Waals surface area contributed by atoms with Crippen LogP contribution in [0.3, 0.4) is 0 Å². The Bertz CT molecular complexity index is 987. The molecule has 1 unspecified atom stereocenters. The maximum atomic E-state index is 13.2. The Morgan fingerprint density at radius 3 is 2.59 bits per heavy atom. The van der Waals surface area contributed by atoms with Gasteiger partial charge in [0.15, 0.2) is 0 Å². The normalized spacial score (nSPS) is 19.8. The number of aromatic nitrogens is 2. The summed E-state index contributed by atoms with van der Waals surface area (Å²) in [5.41, 5.74) is 1.77. The quantitative estimate of drug-likeness (QED) is 0.661. The van der Waals surface area contributed by atoms with E-state index in [9.17, 15) is 9.59 Å². The van der Waals surface area contributed by atoms with Crippen molar-refractivity contribution in [3.05, 3.63) is 23.9 Å². The fraction of sp³-hybridized carbons (Fsp3) is 0.583. The van der Waals surface area contributed by atoms with Gasteiger partial charge in [-0.1, -0.05) is 0 Å². The number of benzene rings is 1. The molecular formula is C24H32N4O4. The van der Waals surface area contributed by atoms with Crippen LogP contribution in [0.25, 0.3) is 10.9 Å². The van der Waals surface area contributed by atoms with Crippen molar-refractivity contribution in [1.29, 1.82) is 0 Å². The Hall–Kier alpha value is -2.90. The van der Waals surface area contributed by atoms with E-state index >= 15 is 0 Å². The summed E-state index contributed by atoms with van der Waals surface area (Å²) in [5.74, 6) is 1.31. The van der Waals surface area contributed by atoms with Crippen LogP contribution in [0.15, 0.2) is 18.2 Å². The third kappa shape index (κ3) is 4.64. The fourth-order valence-corrected chi connectivity index (χ4v) is 4.74. The lowest BCUT2D eigenvalue weighted by Gasteiger charge is -2.37. The third-order valence-corrected chi connectivity index (χ3v) is 6.56. The molecule has 1 atom stereocenters. The molecule has 1 aromatic heterocycles. The average molecular weight is 441 g/mol. The standard InChI is InChI=1S/C24H32N4O4/c1-4-32-23(30)17-9-12-27(13-10-17)22(29)18-6-5-11-28(15-18)24-25-16(2)20-8-7-19(31-3)14-21(20)26-24/h7-8,14,17-18H,4-6,9-13,15H2,1-3H3. The van der Waals surface area contributed by atoms with Crippen molar-refractivity contribution < 1.29 is 19.1 Å². The van der Waals surface area contributed by atoms with Gasteiger partial charge in [0.25, 0.3) is 0 Å². The van der Waals surface area contributed by atoms with Crippen molar-refractivity contribution in [2.24, 2.45) is 11.8 Å². The van der Waals surface area contributed by atoms with Gasteiger partial charge >= 0.3 is 5.97 Å². The summed E-state index contributed by atoms with van der Waals surface area (Å²) in [4.78, 5) is 38.8. The topological polar surface area (TPSA) is 84.9 Å². The van der Waals surface area contributed by atoms with Crippen LogP contribution in [0.2, 0.25) is 0 Å². The minimum atomic E-state index is -0.135. The number of methoxy groups -OCH3 is 1. The molecule has 0 radical (unpaired) electrons. The molecule has 0 spiro atoms. The molecule has 0 bridgehead atoms. The zero-order chi connectivity index (χ0) is 22.7. The number of ether oxygens (including phenoxy) is 2. The van der Waals surface area contributed by atoms with Crippen LogP contribution in [-0.4, -0.2) is 66.6 Å². The van der Waals surface area contributed by atoms with Gasteiger partial charge < -0.3 is 19.3 Å². The number of carbonyl (C=O) groups is 2. The highest BCUT2D eigenvalue weighted by Crippen LogP contribution is 2.28. The van der Waals surface area contributed by atoms with E-state index < -0.39 is 0 Å². The van der Waals surface area contributed by atoms with Crippen molar-refractivity contribution >= 4 is 28.7 Å². The highest BCUT2D eigenvalue weighted by molar-refractivity contribution is 5.84. The predicted molar refractivity (Wildman–Crippen MR) is 122 cm³/mol. The van der Waals surface area contributed by atoms with Gasteiger partial charge in [-0.2, -0.15) is 0 Å². The molecule has 2 aliphatic rings. The number of likely N-dealkylation sites (tertiary alicyclic amines) is 1. The van der Waals surface area contributed by atoms with Crippen LogP contribution in [0.5, 0.6) is 5.75 Å². The Kier molecular flexibility index (Phi) is 6.77. The van der Waals surface area contributed by atoms with E-state index in [1.54, 1.807) is 7.11 Å². The lowest BCUT2D eigenvalue weighted by atomic mass is 9.93. The first kappa shape index (κ1) is 22.3. The average Bonchev–Trinajstić information content (AvgIpc) is 2.83. The second-order valence-corrected chi connectivity index (χ2v) is 8.63. The van der Waals surface area contributed by atoms with Gasteiger partial charge in [-0.3, -0.25) is 9.59 Å². The van der Waals surface area contributed by atoms with E-state index in [0.717, 1.165) is 41.7 Å². The van der Waals surface area contributed by atoms with Gasteiger partial charge in [0, 0.05) is 37.6 Å². The van der Waals surface area contributed by atoms with E-state index in [1.165, 1.54) is 0 Å². The molecular weight excluding hydrogens is 408 g/mol. The van der Waals surface area contributed by atoms with Crippen molar-refractivity contribution in [2.45, 2.75) is 39.5 Å². The predicted octanol–water partition coefficient (Wildman–Crippen LogP) is 2.96. The van der Waals surface area contributed by atoms with Gasteiger partial charge in [0.1, 0.15) is 5.75 Å². The molecule has 8 heteroatoms. The smallest absolute Gasteiger partial charge is 0.309 e. The number of piperidine rings is 2. The lowest BCUT2D eigenvalue weighted by molar-refractivity contribution is -0.151. The van der Waals surface area contributed by atoms with Crippen LogP contribution in [-0.2, 0) is 14.3 Å². The summed E-state index contributed by atoms with van der Waals surface area (Å²) in [7, 11) is 1.65. The molecule has 0 saturated carbocycles. The largest absolute Gasteiger partial charge is 0.497 e. The van der Waals surface area contributed by atoms with Gasteiger partial charge in [0.2, 0.25) is 11.9 Å². The van der Waals surface area contributed by atoms with E-state index in [1.807, 2.05) is 36.9 Å². The molecule has 0 N–H and O–H groups in total. The SMILES string of the molecule is CCOC(=O)C1CCN(C(=O)C2CCCN(c3nc(C)c4ccc(OC)cc4n3)C2)CC1. The minimum Gasteiger partial charge on any atom is -0.497 e. The van der Waals surface area contributed by atoms with Gasteiger partial charge in [0.05, 0.1) is 36.8 Å². The van der Waals surface area contributed by atoms with Crippen LogP contribution >= 0.6 is 0 Å². The number of anilines is 1. The van der Waals surface area contributed by atoms with Crippen molar-refractivity contribution in [2.75, 3.05) is 44.8 Å². The minimum absolute atomic E-state index is 0.0761. The van der Waals surface area contributed by atoms with Gasteiger partial charge in [-0.15, -0.1) is 0 Å². The maximum absolute atomic E-state index is 13.2. The Balaban J connectivity index is 1.43. The van der Waals surface area contributed by atoms with Crippen LogP contribution in [0.1, 0.15) is 38.3 Å². The highest BCUT2D eigenvalue weighted by atomic mass is 16.5. The molecule has 32 heavy (non-hydrogen) atoms. The summed E-state index contributed by atoms with van der Waals surface area (Å²) < 4.78 is 10.5. The summed E-state index contributed by atoms with van der Waals surface area (Å²) in [5, 5.41) is 1.00. The number of carbonyl (C=O) groups excluding carboxylic acids is 2. The van der Waals surface area contributed by atoms with E-state index in [0.29, 0.717) is 45.0 Å². The number of amides is 1. The summed E-state index contributed by atoms with van der Waals surface area (Å²) in [6.07, 6.45) is 3.15. The number of fused-ring (bicyclic) bond motifs is 1. The number of hydrogen-bond donors (Lipinski definition) is 0. The molecule has 2 fully saturated rings. The molecule has 2 aromatic rings. The van der Waals surface area contributed by atoms with E-state index in [4.69, 9.17) is 19.4 Å². The zero-order valence-corrected chi connectivity index (χ0v) is 19.2. The first-order chi connectivity index (χ1) is 15.5. The number of hydrogen-bond acceptors (Lipinski definition) is 7. The first-order valence-corrected chi connectivity index (χ1v) is 11.5. The molecule has 3 heterocycles. The summed E-state index contributed by atoms with van der Waals surface area (Å²) in [6.45, 7) is 6.89. The third-order valence-electron chi connectivity index (χ3n) is 6.56. The zero-order valence-electron chi connectivity index (χ0n) is 19.2. The Morgan fingerprint density at radius 1 is 1.09 bits per heavy atom. The number of aryl methyl sites for hydroxylation is 1. The fourth-order valence-electron chi connectivity index (χ4n) is 4.74.